The summed E-state index contributed by atoms with van der Waals surface area (Å²) in [4.78, 5) is 12.2. The molecule has 116 valence electrons. The number of carbonyl (C=O) groups is 1. The zero-order valence-electron chi connectivity index (χ0n) is 13.3. The van der Waals surface area contributed by atoms with Gasteiger partial charge in [0.1, 0.15) is 5.60 Å². The van der Waals surface area contributed by atoms with Crippen molar-refractivity contribution in [2.24, 2.45) is 5.92 Å². The lowest BCUT2D eigenvalue weighted by atomic mass is 9.75. The van der Waals surface area contributed by atoms with E-state index in [0.29, 0.717) is 5.92 Å². The summed E-state index contributed by atoms with van der Waals surface area (Å²) < 4.78 is 5.46. The van der Waals surface area contributed by atoms with E-state index in [4.69, 9.17) is 4.74 Å². The number of rotatable bonds is 3. The van der Waals surface area contributed by atoms with E-state index in [0.717, 1.165) is 32.4 Å². The van der Waals surface area contributed by atoms with Crippen molar-refractivity contribution >= 4 is 6.09 Å². The van der Waals surface area contributed by atoms with Gasteiger partial charge in [0.15, 0.2) is 0 Å². The molecule has 1 aliphatic carbocycles. The summed E-state index contributed by atoms with van der Waals surface area (Å²) in [5.41, 5.74) is -0.452. The van der Waals surface area contributed by atoms with Gasteiger partial charge in [-0.25, -0.2) is 4.79 Å². The molecule has 2 N–H and O–H groups in total. The maximum atomic E-state index is 12.2. The first-order valence-corrected chi connectivity index (χ1v) is 8.10. The Morgan fingerprint density at radius 3 is 2.55 bits per heavy atom. The summed E-state index contributed by atoms with van der Waals surface area (Å²) in [5, 5.41) is 6.65. The lowest BCUT2D eigenvalue weighted by Crippen LogP contribution is -2.52. The highest BCUT2D eigenvalue weighted by atomic mass is 16.6. The lowest BCUT2D eigenvalue weighted by molar-refractivity contribution is 0.0401. The first-order chi connectivity index (χ1) is 9.39. The minimum absolute atomic E-state index is 0.0305. The molecule has 4 nitrogen and oxygen atoms in total. The molecular weight excluding hydrogens is 252 g/mol. The molecular formula is C16H30N2O2. The molecule has 2 aliphatic rings. The maximum absolute atomic E-state index is 12.2. The molecule has 0 aromatic carbocycles. The standard InChI is InChI=1S/C16H30N2O2/c1-15(2,3)20-14(19)18-16(8-5-4-6-9-16)11-13-7-10-17-12-13/h13,17H,4-12H2,1-3H3,(H,18,19). The van der Waals surface area contributed by atoms with Gasteiger partial charge in [0.25, 0.3) is 0 Å². The topological polar surface area (TPSA) is 50.4 Å². The number of nitrogens with one attached hydrogen (secondary N) is 2. The predicted octanol–water partition coefficient (Wildman–Crippen LogP) is 3.21. The molecule has 1 saturated carbocycles. The fourth-order valence-corrected chi connectivity index (χ4v) is 3.57. The van der Waals surface area contributed by atoms with Crippen molar-refractivity contribution in [2.45, 2.75) is 76.9 Å². The molecule has 4 heteroatoms. The molecule has 1 atom stereocenters. The molecule has 0 spiro atoms. The van der Waals surface area contributed by atoms with Crippen LogP contribution in [0.3, 0.4) is 0 Å². The van der Waals surface area contributed by atoms with E-state index in [2.05, 4.69) is 10.6 Å². The summed E-state index contributed by atoms with van der Waals surface area (Å²) in [6, 6.07) is 0. The Kier molecular flexibility index (Phi) is 4.95. The van der Waals surface area contributed by atoms with Gasteiger partial charge in [-0.2, -0.15) is 0 Å². The summed E-state index contributed by atoms with van der Waals surface area (Å²) in [6.45, 7) is 7.97. The third kappa shape index (κ3) is 4.65. The van der Waals surface area contributed by atoms with Gasteiger partial charge in [0.2, 0.25) is 0 Å². The summed E-state index contributed by atoms with van der Waals surface area (Å²) in [7, 11) is 0. The van der Waals surface area contributed by atoms with Gasteiger partial charge >= 0.3 is 6.09 Å². The van der Waals surface area contributed by atoms with E-state index in [1.54, 1.807) is 0 Å². The van der Waals surface area contributed by atoms with Crippen molar-refractivity contribution < 1.29 is 9.53 Å². The molecule has 1 amide bonds. The minimum atomic E-state index is -0.422. The van der Waals surface area contributed by atoms with Gasteiger partial charge in [0.05, 0.1) is 0 Å². The lowest BCUT2D eigenvalue weighted by Gasteiger charge is -2.40. The van der Waals surface area contributed by atoms with Crippen LogP contribution in [0.25, 0.3) is 0 Å². The van der Waals surface area contributed by atoms with Gasteiger partial charge in [-0.05, 0) is 65.5 Å². The summed E-state index contributed by atoms with van der Waals surface area (Å²) in [5.74, 6) is 0.697. The normalized spacial score (nSPS) is 26.2. The maximum Gasteiger partial charge on any atom is 0.408 e. The van der Waals surface area contributed by atoms with E-state index >= 15 is 0 Å². The van der Waals surface area contributed by atoms with Crippen molar-refractivity contribution in [1.82, 2.24) is 10.6 Å². The van der Waals surface area contributed by atoms with Gasteiger partial charge in [-0.1, -0.05) is 19.3 Å². The van der Waals surface area contributed by atoms with E-state index < -0.39 is 5.60 Å². The van der Waals surface area contributed by atoms with Crippen LogP contribution in [-0.2, 0) is 4.74 Å². The average molecular weight is 282 g/mol. The SMILES string of the molecule is CC(C)(C)OC(=O)NC1(CC2CCNC2)CCCCC1. The molecule has 1 unspecified atom stereocenters. The van der Waals surface area contributed by atoms with Crippen molar-refractivity contribution in [1.29, 1.82) is 0 Å². The quantitative estimate of drug-likeness (QED) is 0.835. The van der Waals surface area contributed by atoms with Gasteiger partial charge in [-0.15, -0.1) is 0 Å². The monoisotopic (exact) mass is 282 g/mol. The fourth-order valence-electron chi connectivity index (χ4n) is 3.57. The molecule has 1 heterocycles. The summed E-state index contributed by atoms with van der Waals surface area (Å²) in [6.07, 6.45) is 8.01. The second-order valence-electron chi connectivity index (χ2n) is 7.53. The second kappa shape index (κ2) is 6.33. The molecule has 0 aromatic heterocycles. The number of alkyl carbamates (subject to hydrolysis) is 1. The Hall–Kier alpha value is -0.770. The van der Waals surface area contributed by atoms with Crippen LogP contribution in [-0.4, -0.2) is 30.3 Å². The van der Waals surface area contributed by atoms with Crippen LogP contribution in [0, 0.1) is 5.92 Å². The number of hydrogen-bond donors (Lipinski definition) is 2. The van der Waals surface area contributed by atoms with Crippen LogP contribution < -0.4 is 10.6 Å². The zero-order chi connectivity index (χ0) is 14.6. The van der Waals surface area contributed by atoms with Gasteiger partial charge in [0, 0.05) is 5.54 Å². The van der Waals surface area contributed by atoms with Crippen molar-refractivity contribution in [3.05, 3.63) is 0 Å². The predicted molar refractivity (Wildman–Crippen MR) is 80.8 cm³/mol. The van der Waals surface area contributed by atoms with Crippen LogP contribution in [0.15, 0.2) is 0 Å². The van der Waals surface area contributed by atoms with Crippen molar-refractivity contribution in [2.75, 3.05) is 13.1 Å². The van der Waals surface area contributed by atoms with E-state index in [9.17, 15) is 4.79 Å². The van der Waals surface area contributed by atoms with Crippen LogP contribution in [0.2, 0.25) is 0 Å². The van der Waals surface area contributed by atoms with Crippen molar-refractivity contribution in [3.63, 3.8) is 0 Å². The Labute approximate surface area is 123 Å². The molecule has 1 saturated heterocycles. The molecule has 0 bridgehead atoms. The van der Waals surface area contributed by atoms with Crippen LogP contribution in [0.1, 0.15) is 65.7 Å². The highest BCUT2D eigenvalue weighted by Gasteiger charge is 2.37. The minimum Gasteiger partial charge on any atom is -0.444 e. The third-order valence-electron chi connectivity index (χ3n) is 4.42. The molecule has 0 aromatic rings. The first kappa shape index (κ1) is 15.6. The Morgan fingerprint density at radius 1 is 1.30 bits per heavy atom. The average Bonchev–Trinajstić information content (AvgIpc) is 2.79. The Morgan fingerprint density at radius 2 is 2.00 bits per heavy atom. The number of ether oxygens (including phenoxy) is 1. The largest absolute Gasteiger partial charge is 0.444 e. The van der Waals surface area contributed by atoms with Gasteiger partial charge < -0.3 is 15.4 Å². The Bertz CT molecular complexity index is 324. The second-order valence-corrected chi connectivity index (χ2v) is 7.53. The fraction of sp³-hybridized carbons (Fsp3) is 0.938. The molecule has 2 rings (SSSR count). The van der Waals surface area contributed by atoms with E-state index in [1.165, 1.54) is 25.7 Å². The van der Waals surface area contributed by atoms with Gasteiger partial charge in [-0.3, -0.25) is 0 Å². The zero-order valence-corrected chi connectivity index (χ0v) is 13.3. The smallest absolute Gasteiger partial charge is 0.408 e. The van der Waals surface area contributed by atoms with Crippen molar-refractivity contribution in [3.8, 4) is 0 Å². The van der Waals surface area contributed by atoms with Crippen LogP contribution in [0.5, 0.6) is 0 Å². The third-order valence-corrected chi connectivity index (χ3v) is 4.42. The molecule has 0 radical (unpaired) electrons. The van der Waals surface area contributed by atoms with Crippen LogP contribution >= 0.6 is 0 Å². The number of carbonyl (C=O) groups excluding carboxylic acids is 1. The Balaban J connectivity index is 1.96. The van der Waals surface area contributed by atoms with Crippen LogP contribution in [0.4, 0.5) is 4.79 Å². The highest BCUT2D eigenvalue weighted by Crippen LogP contribution is 2.35. The molecule has 1 aliphatic heterocycles. The molecule has 2 fully saturated rings. The first-order valence-electron chi connectivity index (χ1n) is 8.10. The summed E-state index contributed by atoms with van der Waals surface area (Å²) >= 11 is 0. The van der Waals surface area contributed by atoms with E-state index in [-0.39, 0.29) is 11.6 Å². The molecule has 20 heavy (non-hydrogen) atoms. The highest BCUT2D eigenvalue weighted by molar-refractivity contribution is 5.68. The van der Waals surface area contributed by atoms with E-state index in [1.807, 2.05) is 20.8 Å². The number of amides is 1. The number of hydrogen-bond acceptors (Lipinski definition) is 3.